The highest BCUT2D eigenvalue weighted by atomic mass is 16.6. The highest BCUT2D eigenvalue weighted by molar-refractivity contribution is 5.98. The Bertz CT molecular complexity index is 1870. The van der Waals surface area contributed by atoms with Gasteiger partial charge < -0.3 is 23.8 Å². The molecular formula is C40H45N5O7. The second-order valence-electron chi connectivity index (χ2n) is 14.4. The number of rotatable bonds is 8. The lowest BCUT2D eigenvalue weighted by atomic mass is 10.00. The van der Waals surface area contributed by atoms with Gasteiger partial charge in [-0.15, -0.1) is 0 Å². The van der Waals surface area contributed by atoms with Crippen LogP contribution in [0.4, 0.5) is 10.5 Å². The number of nitrogens with zero attached hydrogens (tertiary/aromatic N) is 5. The molecule has 0 N–H and O–H groups in total. The van der Waals surface area contributed by atoms with E-state index in [4.69, 9.17) is 14.5 Å². The van der Waals surface area contributed by atoms with Crippen molar-refractivity contribution in [3.05, 3.63) is 118 Å². The molecule has 12 heteroatoms. The lowest BCUT2D eigenvalue weighted by molar-refractivity contribution is -0.384. The average molecular weight is 708 g/mol. The largest absolute Gasteiger partial charge is 0.457 e. The molecule has 1 aromatic heterocycles. The van der Waals surface area contributed by atoms with E-state index in [0.29, 0.717) is 50.3 Å². The van der Waals surface area contributed by atoms with Gasteiger partial charge in [0.1, 0.15) is 11.7 Å². The summed E-state index contributed by atoms with van der Waals surface area (Å²) in [4.78, 5) is 60.2. The van der Waals surface area contributed by atoms with Crippen LogP contribution in [0.25, 0.3) is 11.3 Å². The minimum Gasteiger partial charge on any atom is -0.457 e. The smallest absolute Gasteiger partial charge is 0.410 e. The van der Waals surface area contributed by atoms with Gasteiger partial charge in [-0.3, -0.25) is 14.9 Å². The average Bonchev–Trinajstić information content (AvgIpc) is 3.44. The summed E-state index contributed by atoms with van der Waals surface area (Å²) in [7, 11) is 0. The monoisotopic (exact) mass is 707 g/mol. The second-order valence-corrected chi connectivity index (χ2v) is 14.4. The van der Waals surface area contributed by atoms with Gasteiger partial charge in [0.2, 0.25) is 0 Å². The zero-order valence-corrected chi connectivity index (χ0v) is 29.9. The maximum absolute atomic E-state index is 14.8. The number of hydrogen-bond donors (Lipinski definition) is 0. The van der Waals surface area contributed by atoms with Crippen LogP contribution >= 0.6 is 0 Å². The van der Waals surface area contributed by atoms with Crippen LogP contribution < -0.4 is 0 Å². The number of ether oxygens (including phenoxy) is 2. The third-order valence-corrected chi connectivity index (χ3v) is 9.60. The normalized spacial score (nSPS) is 19.4. The first-order chi connectivity index (χ1) is 25.0. The highest BCUT2D eigenvalue weighted by Gasteiger charge is 2.38. The minimum atomic E-state index is -0.650. The zero-order chi connectivity index (χ0) is 36.8. The molecule has 2 heterocycles. The summed E-state index contributed by atoms with van der Waals surface area (Å²) < 4.78 is 13.8. The van der Waals surface area contributed by atoms with Crippen molar-refractivity contribution in [3.63, 3.8) is 0 Å². The van der Waals surface area contributed by atoms with Gasteiger partial charge >= 0.3 is 12.1 Å². The van der Waals surface area contributed by atoms with Crippen LogP contribution in [0.1, 0.15) is 85.3 Å². The van der Waals surface area contributed by atoms with Crippen LogP contribution in [0, 0.1) is 10.1 Å². The molecule has 4 aromatic rings. The number of piperazine rings is 1. The Morgan fingerprint density at radius 3 is 2.23 bits per heavy atom. The molecule has 272 valence electrons. The maximum Gasteiger partial charge on any atom is 0.410 e. The summed E-state index contributed by atoms with van der Waals surface area (Å²) >= 11 is 0. The third-order valence-electron chi connectivity index (χ3n) is 9.60. The van der Waals surface area contributed by atoms with Gasteiger partial charge in [0.15, 0.2) is 5.69 Å². The molecule has 3 atom stereocenters. The molecule has 0 spiro atoms. The number of imidazole rings is 1. The number of nitro groups is 1. The van der Waals surface area contributed by atoms with Gasteiger partial charge in [-0.1, -0.05) is 73.5 Å². The molecular weight excluding hydrogens is 662 g/mol. The molecule has 1 unspecified atom stereocenters. The Hall–Kier alpha value is -5.52. The van der Waals surface area contributed by atoms with Crippen molar-refractivity contribution >= 4 is 23.7 Å². The van der Waals surface area contributed by atoms with Crippen molar-refractivity contribution in [2.24, 2.45) is 0 Å². The fourth-order valence-electron chi connectivity index (χ4n) is 7.10. The molecule has 1 aliphatic carbocycles. The van der Waals surface area contributed by atoms with Crippen molar-refractivity contribution in [2.45, 2.75) is 83.1 Å². The molecule has 2 fully saturated rings. The summed E-state index contributed by atoms with van der Waals surface area (Å²) in [5.41, 5.74) is 2.25. The molecule has 12 nitrogen and oxygen atoms in total. The van der Waals surface area contributed by atoms with E-state index in [9.17, 15) is 24.5 Å². The predicted octanol–water partition coefficient (Wildman–Crippen LogP) is 7.49. The van der Waals surface area contributed by atoms with E-state index >= 15 is 0 Å². The SMILES string of the molecule is CC(C)(C)OC(=O)N1CCN(C(=O)c2ncn(C3CCCCC[C@H]3OC(=O)c3ccc([N+](=O)[O-])cc3)c2-c2ccccc2)[C@H](Cc2ccccc2)C1. The molecule has 2 aliphatic rings. The Morgan fingerprint density at radius 2 is 1.56 bits per heavy atom. The predicted molar refractivity (Wildman–Crippen MR) is 195 cm³/mol. The van der Waals surface area contributed by atoms with Gasteiger partial charge in [0.05, 0.1) is 34.6 Å². The molecule has 2 amide bonds. The fraction of sp³-hybridized carbons (Fsp3) is 0.400. The van der Waals surface area contributed by atoms with Crippen molar-refractivity contribution in [3.8, 4) is 11.3 Å². The maximum atomic E-state index is 14.8. The first-order valence-corrected chi connectivity index (χ1v) is 17.9. The van der Waals surface area contributed by atoms with Crippen LogP contribution in [0.15, 0.2) is 91.3 Å². The highest BCUT2D eigenvalue weighted by Crippen LogP contribution is 2.36. The summed E-state index contributed by atoms with van der Waals surface area (Å²) in [6.45, 7) is 6.43. The number of aromatic nitrogens is 2. The van der Waals surface area contributed by atoms with Crippen LogP contribution in [-0.2, 0) is 15.9 Å². The topological polar surface area (TPSA) is 137 Å². The molecule has 1 saturated carbocycles. The number of hydrogen-bond acceptors (Lipinski definition) is 8. The first-order valence-electron chi connectivity index (χ1n) is 17.9. The van der Waals surface area contributed by atoms with Crippen molar-refractivity contribution in [1.82, 2.24) is 19.4 Å². The molecule has 52 heavy (non-hydrogen) atoms. The van der Waals surface area contributed by atoms with Gasteiger partial charge in [-0.05, 0) is 64.2 Å². The Balaban J connectivity index is 1.33. The van der Waals surface area contributed by atoms with E-state index in [-0.39, 0.29) is 29.2 Å². The van der Waals surface area contributed by atoms with E-state index in [1.165, 1.54) is 24.3 Å². The molecule has 6 rings (SSSR count). The third kappa shape index (κ3) is 8.50. The lowest BCUT2D eigenvalue weighted by Crippen LogP contribution is -2.58. The van der Waals surface area contributed by atoms with E-state index in [2.05, 4.69) is 0 Å². The van der Waals surface area contributed by atoms with Crippen LogP contribution in [0.2, 0.25) is 0 Å². The quantitative estimate of drug-likeness (QED) is 0.0795. The number of benzene rings is 3. The van der Waals surface area contributed by atoms with Crippen molar-refractivity contribution < 1.29 is 28.8 Å². The molecule has 1 aliphatic heterocycles. The number of carbonyl (C=O) groups excluding carboxylic acids is 3. The summed E-state index contributed by atoms with van der Waals surface area (Å²) in [5.74, 6) is -0.800. The van der Waals surface area contributed by atoms with Crippen molar-refractivity contribution in [1.29, 1.82) is 0 Å². The van der Waals surface area contributed by atoms with E-state index in [0.717, 1.165) is 30.4 Å². The van der Waals surface area contributed by atoms with Crippen molar-refractivity contribution in [2.75, 3.05) is 19.6 Å². The van der Waals surface area contributed by atoms with Crippen LogP contribution in [0.5, 0.6) is 0 Å². The van der Waals surface area contributed by atoms with E-state index < -0.39 is 28.7 Å². The van der Waals surface area contributed by atoms with E-state index in [1.54, 1.807) is 11.2 Å². The number of carbonyl (C=O) groups is 3. The van der Waals surface area contributed by atoms with Gasteiger partial charge in [0, 0.05) is 37.3 Å². The van der Waals surface area contributed by atoms with E-state index in [1.807, 2.05) is 90.9 Å². The summed E-state index contributed by atoms with van der Waals surface area (Å²) in [6, 6.07) is 24.3. The number of non-ortho nitro benzene ring substituents is 1. The molecule has 0 radical (unpaired) electrons. The van der Waals surface area contributed by atoms with Gasteiger partial charge in [-0.25, -0.2) is 14.6 Å². The molecule has 0 bridgehead atoms. The minimum absolute atomic E-state index is 0.107. The molecule has 1 saturated heterocycles. The number of nitro benzene ring substituents is 1. The number of esters is 1. The fourth-order valence-corrected chi connectivity index (χ4v) is 7.10. The Labute approximate surface area is 303 Å². The Kier molecular flexibility index (Phi) is 11.0. The number of amides is 2. The standard InChI is InChI=1S/C40H45N5O7/c1-40(2,3)52-39(48)42-23-24-43(32(26-42)25-28-13-7-4-8-14-28)37(46)35-36(29-15-9-5-10-16-29)44(27-41-35)33-17-11-6-12-18-34(33)51-38(47)30-19-21-31(22-20-30)45(49)50/h4-5,7-10,13-16,19-22,27,32-34H,6,11-12,17-18,23-26H2,1-3H3/t32-,33?,34-/m1/s1. The van der Waals surface area contributed by atoms with Gasteiger partial charge in [-0.2, -0.15) is 0 Å². The van der Waals surface area contributed by atoms with Crippen LogP contribution in [0.3, 0.4) is 0 Å². The summed E-state index contributed by atoms with van der Waals surface area (Å²) in [5, 5.41) is 11.2. The summed E-state index contributed by atoms with van der Waals surface area (Å²) in [6.07, 6.45) is 5.33. The lowest BCUT2D eigenvalue weighted by Gasteiger charge is -2.41. The van der Waals surface area contributed by atoms with Gasteiger partial charge in [0.25, 0.3) is 11.6 Å². The first kappa shape index (κ1) is 36.3. The molecule has 3 aromatic carbocycles. The van der Waals surface area contributed by atoms with Crippen LogP contribution in [-0.4, -0.2) is 79.6 Å². The zero-order valence-electron chi connectivity index (χ0n) is 29.9. The Morgan fingerprint density at radius 1 is 0.885 bits per heavy atom. The second kappa shape index (κ2) is 15.8.